The second kappa shape index (κ2) is 30.7. The van der Waals surface area contributed by atoms with Crippen LogP contribution in [0.3, 0.4) is 0 Å². The molecule has 12 N–H and O–H groups in total. The highest BCUT2D eigenvalue weighted by atomic mass is 16.3. The van der Waals surface area contributed by atoms with Crippen LogP contribution in [0.2, 0.25) is 0 Å². The largest absolute Gasteiger partial charge is 0.506 e. The van der Waals surface area contributed by atoms with E-state index in [0.717, 1.165) is 41.9 Å². The van der Waals surface area contributed by atoms with Gasteiger partial charge in [-0.2, -0.15) is 4.91 Å². The summed E-state index contributed by atoms with van der Waals surface area (Å²) in [6.07, 6.45) is 2.22. The lowest BCUT2D eigenvalue weighted by Crippen LogP contribution is -2.62. The number of phenols is 1. The minimum Gasteiger partial charge on any atom is -0.506 e. The maximum absolute atomic E-state index is 14.4. The number of aliphatic hydroxyl groups is 4. The van der Waals surface area contributed by atoms with Gasteiger partial charge in [0.2, 0.25) is 41.4 Å². The normalized spacial score (nSPS) is 26.4. The molecule has 22 heteroatoms. The van der Waals surface area contributed by atoms with Crippen molar-refractivity contribution in [3.63, 3.8) is 0 Å². The van der Waals surface area contributed by atoms with E-state index in [9.17, 15) is 64.0 Å². The highest BCUT2D eigenvalue weighted by Gasteiger charge is 2.46. The van der Waals surface area contributed by atoms with Gasteiger partial charge in [0.1, 0.15) is 42.0 Å². The van der Waals surface area contributed by atoms with E-state index in [-0.39, 0.29) is 64.1 Å². The number of aryl methyl sites for hydroxylation is 1. The standard InChI is InChI=1S/C50H81N9O13.CH4/c1-5-29(2)25-30(3)13-10-8-6-7-9-11-15-41(65)54-36-27-33(61)28-52-48(69)44-40(64)21-24-59(44)50(71)43(39(63)20-22-53-72)57-45(66)35(18-16-32-17-19-38(62)34(51)26-32)55-47(68)37-14-12-23-58(37)49(70)42(31(4)60)56-46(36)67;/h17,19,26,29-31,33,35-37,39-40,42-44,60-64H,5-16,18,20-25,27-28,51H2,1-4H3,(H,52,69)(H,54,65)(H,55,68)(H,56,67)(H,57,66);1H4/t29?,30?,31-,33-,35?,36+,37?,39-,40+,42+,43?,44?;/m1./s1. The number of anilines is 1. The van der Waals surface area contributed by atoms with Crippen molar-refractivity contribution in [2.45, 2.75) is 205 Å². The lowest BCUT2D eigenvalue weighted by molar-refractivity contribution is -0.146. The van der Waals surface area contributed by atoms with Crippen LogP contribution in [0.5, 0.6) is 5.75 Å². The molecule has 0 saturated carbocycles. The van der Waals surface area contributed by atoms with E-state index < -0.39 is 128 Å². The van der Waals surface area contributed by atoms with Crippen LogP contribution in [0, 0.1) is 16.7 Å². The quantitative estimate of drug-likeness (QED) is 0.0359. The zero-order valence-corrected chi connectivity index (χ0v) is 42.4. The van der Waals surface area contributed by atoms with Crippen molar-refractivity contribution in [3.05, 3.63) is 28.7 Å². The summed E-state index contributed by atoms with van der Waals surface area (Å²) in [4.78, 5) is 112. The molecule has 4 rings (SSSR count). The number of nitrogens with one attached hydrogen (secondary N) is 5. The van der Waals surface area contributed by atoms with Crippen molar-refractivity contribution < 1.29 is 59.1 Å². The van der Waals surface area contributed by atoms with Gasteiger partial charge in [0.15, 0.2) is 0 Å². The summed E-state index contributed by atoms with van der Waals surface area (Å²) < 4.78 is 0. The molecule has 12 atom stereocenters. The summed E-state index contributed by atoms with van der Waals surface area (Å²) in [5.41, 5.74) is 6.50. The molecule has 3 heterocycles. The van der Waals surface area contributed by atoms with Crippen LogP contribution in [0.4, 0.5) is 5.69 Å². The Kier molecular flexibility index (Phi) is 26.0. The molecular weight excluding hydrogens is 947 g/mol. The first-order valence-corrected chi connectivity index (χ1v) is 25.9. The predicted molar refractivity (Wildman–Crippen MR) is 273 cm³/mol. The summed E-state index contributed by atoms with van der Waals surface area (Å²) in [5.74, 6) is -4.82. The second-order valence-corrected chi connectivity index (χ2v) is 20.2. The van der Waals surface area contributed by atoms with Crippen molar-refractivity contribution in [1.82, 2.24) is 36.4 Å². The molecule has 1 aromatic carbocycles. The molecule has 0 bridgehead atoms. The first kappa shape index (κ1) is 61.8. The van der Waals surface area contributed by atoms with E-state index in [2.05, 4.69) is 52.5 Å². The van der Waals surface area contributed by atoms with E-state index in [1.54, 1.807) is 6.07 Å². The number of hydrogen-bond acceptors (Lipinski definition) is 15. The van der Waals surface area contributed by atoms with Gasteiger partial charge < -0.3 is 67.7 Å². The van der Waals surface area contributed by atoms with Gasteiger partial charge in [-0.1, -0.05) is 84.4 Å². The topological polar surface area (TPSA) is 343 Å². The molecule has 7 amide bonds. The predicted octanol–water partition coefficient (Wildman–Crippen LogP) is 1.41. The number of fused-ring (bicyclic) bond motifs is 2. The number of nitrogen functional groups attached to an aromatic ring is 1. The van der Waals surface area contributed by atoms with Gasteiger partial charge >= 0.3 is 0 Å². The summed E-state index contributed by atoms with van der Waals surface area (Å²) in [5, 5.41) is 70.1. The molecule has 0 radical (unpaired) electrons. The van der Waals surface area contributed by atoms with Crippen molar-refractivity contribution in [1.29, 1.82) is 0 Å². The molecule has 6 unspecified atom stereocenters. The summed E-state index contributed by atoms with van der Waals surface area (Å²) in [6, 6.07) is -4.88. The van der Waals surface area contributed by atoms with E-state index in [4.69, 9.17) is 5.73 Å². The van der Waals surface area contributed by atoms with Crippen LogP contribution in [-0.4, -0.2) is 164 Å². The van der Waals surface area contributed by atoms with E-state index in [0.29, 0.717) is 30.2 Å². The van der Waals surface area contributed by atoms with E-state index in [1.807, 2.05) is 0 Å². The molecular formula is C51H85N9O13. The fraction of sp³-hybridized carbons (Fsp3) is 0.745. The Morgan fingerprint density at radius 1 is 0.836 bits per heavy atom. The Morgan fingerprint density at radius 3 is 2.18 bits per heavy atom. The Morgan fingerprint density at radius 2 is 1.51 bits per heavy atom. The Hall–Kier alpha value is -5.45. The Balaban J connectivity index is 0.0000141. The number of nitroso groups, excluding NO2 is 1. The third kappa shape index (κ3) is 18.8. The number of phenolic OH excluding ortho intramolecular Hbond substituents is 1. The lowest BCUT2D eigenvalue weighted by atomic mass is 9.91. The molecule has 1 aromatic rings. The molecule has 3 fully saturated rings. The van der Waals surface area contributed by atoms with Crippen molar-refractivity contribution in [2.75, 3.05) is 31.9 Å². The number of amides is 7. The number of nitrogens with two attached hydrogens (primary N) is 1. The van der Waals surface area contributed by atoms with Gasteiger partial charge in [-0.05, 0) is 87.8 Å². The number of nitrogens with zero attached hydrogens (tertiary/aromatic N) is 3. The number of carbonyl (C=O) groups excluding carboxylic acids is 7. The van der Waals surface area contributed by atoms with Gasteiger partial charge in [0.25, 0.3) is 0 Å². The number of hydrogen-bond donors (Lipinski definition) is 11. The van der Waals surface area contributed by atoms with Gasteiger partial charge in [0.05, 0.1) is 36.6 Å². The third-order valence-electron chi connectivity index (χ3n) is 14.2. The SMILES string of the molecule is C.CCC(C)CC(C)CCCCCCCCC(=O)N[C@H]1C[C@@H](O)CNC(=O)C2[C@@H](O)CCN2C(=O)C([C@H](O)CCN=O)NC(=O)C(CCc2ccc(O)c(N)c2)NC(=O)C2CCCN2C(=O)[C@H]([C@@H](C)O)NC1=O. The molecule has 3 aliphatic rings. The van der Waals surface area contributed by atoms with Gasteiger partial charge in [-0.15, -0.1) is 0 Å². The molecule has 3 saturated heterocycles. The van der Waals surface area contributed by atoms with Gasteiger partial charge in [-0.3, -0.25) is 33.6 Å². The number of carbonyl (C=O) groups is 7. The van der Waals surface area contributed by atoms with Crippen LogP contribution in [-0.2, 0) is 40.0 Å². The zero-order valence-electron chi connectivity index (χ0n) is 42.4. The van der Waals surface area contributed by atoms with Crippen molar-refractivity contribution in [2.24, 2.45) is 17.0 Å². The molecule has 0 spiro atoms. The number of aliphatic hydroxyl groups excluding tert-OH is 4. The van der Waals surface area contributed by atoms with Gasteiger partial charge in [0, 0.05) is 32.5 Å². The molecule has 0 aliphatic carbocycles. The summed E-state index contributed by atoms with van der Waals surface area (Å²) in [7, 11) is 0. The molecule has 0 aromatic heterocycles. The molecule has 73 heavy (non-hydrogen) atoms. The van der Waals surface area contributed by atoms with Gasteiger partial charge in [-0.25, -0.2) is 0 Å². The zero-order chi connectivity index (χ0) is 53.1. The van der Waals surface area contributed by atoms with E-state index >= 15 is 0 Å². The van der Waals surface area contributed by atoms with Crippen LogP contribution >= 0.6 is 0 Å². The lowest BCUT2D eigenvalue weighted by Gasteiger charge is -2.33. The average Bonchev–Trinajstić information content (AvgIpc) is 4.00. The van der Waals surface area contributed by atoms with Crippen LogP contribution in [0.25, 0.3) is 0 Å². The summed E-state index contributed by atoms with van der Waals surface area (Å²) in [6.45, 7) is 6.84. The number of aromatic hydroxyl groups is 1. The first-order chi connectivity index (χ1) is 34.2. The van der Waals surface area contributed by atoms with Crippen LogP contribution < -0.4 is 32.3 Å². The van der Waals surface area contributed by atoms with Crippen LogP contribution in [0.1, 0.15) is 143 Å². The van der Waals surface area contributed by atoms with Crippen molar-refractivity contribution >= 4 is 47.0 Å². The number of rotatable bonds is 21. The highest BCUT2D eigenvalue weighted by molar-refractivity contribution is 5.98. The highest BCUT2D eigenvalue weighted by Crippen LogP contribution is 2.25. The van der Waals surface area contributed by atoms with Crippen molar-refractivity contribution in [3.8, 4) is 5.75 Å². The third-order valence-corrected chi connectivity index (χ3v) is 14.2. The fourth-order valence-electron chi connectivity index (χ4n) is 9.81. The molecule has 22 nitrogen and oxygen atoms in total. The number of benzene rings is 1. The summed E-state index contributed by atoms with van der Waals surface area (Å²) >= 11 is 0. The molecule has 3 aliphatic heterocycles. The Labute approximate surface area is 429 Å². The minimum atomic E-state index is -1.83. The Bertz CT molecular complexity index is 1990. The number of β-amino-alcohol motifs (C(OH)–C–C–N with tert-alkyl or cyclic N) is 1. The minimum absolute atomic E-state index is 0. The maximum Gasteiger partial charge on any atom is 0.248 e. The van der Waals surface area contributed by atoms with E-state index in [1.165, 1.54) is 38.3 Å². The van der Waals surface area contributed by atoms with Crippen LogP contribution in [0.15, 0.2) is 23.4 Å². The number of unbranched alkanes of at least 4 members (excludes halogenated alkanes) is 5. The maximum atomic E-state index is 14.4. The monoisotopic (exact) mass is 1030 g/mol. The first-order valence-electron chi connectivity index (χ1n) is 25.9. The molecule has 412 valence electrons. The second-order valence-electron chi connectivity index (χ2n) is 20.2. The smallest absolute Gasteiger partial charge is 0.248 e. The average molecular weight is 1030 g/mol. The fourth-order valence-corrected chi connectivity index (χ4v) is 9.81.